The largest absolute Gasteiger partial charge is 0.525 e. The van der Waals surface area contributed by atoms with Gasteiger partial charge in [-0.1, -0.05) is 13.3 Å². The summed E-state index contributed by atoms with van der Waals surface area (Å²) in [5.74, 6) is 0. The summed E-state index contributed by atoms with van der Waals surface area (Å²) in [6, 6.07) is 0. The summed E-state index contributed by atoms with van der Waals surface area (Å²) < 4.78 is 67.5. The van der Waals surface area contributed by atoms with Crippen LogP contribution in [-0.2, 0) is 15.9 Å². The molecule has 2 heterocycles. The Hall–Kier alpha value is -1.35. The molecule has 0 radical (unpaired) electrons. The molecule has 0 unspecified atom stereocenters. The topological polar surface area (TPSA) is 36.3 Å². The number of rotatable bonds is 5. The van der Waals surface area contributed by atoms with E-state index in [1.165, 1.54) is 10.9 Å². The molecule has 0 spiro atoms. The minimum atomic E-state index is -4.90. The van der Waals surface area contributed by atoms with Crippen LogP contribution in [0.3, 0.4) is 0 Å². The number of unbranched alkanes of at least 4 members (excludes halogenated alkanes) is 1. The van der Waals surface area contributed by atoms with Gasteiger partial charge in [0.15, 0.2) is 0 Å². The SMILES string of the molecule is CCCCn1cc(C(=C(F)B2OC(C)(C)C(C)(C)O2)C(F)(F)F)cn1. The van der Waals surface area contributed by atoms with E-state index >= 15 is 0 Å². The maximum Gasteiger partial charge on any atom is 0.525 e. The van der Waals surface area contributed by atoms with E-state index in [-0.39, 0.29) is 5.56 Å². The molecule has 0 amide bonds. The maximum absolute atomic E-state index is 14.8. The van der Waals surface area contributed by atoms with E-state index in [0.717, 1.165) is 19.0 Å². The third-order valence-electron chi connectivity index (χ3n) is 4.65. The first-order chi connectivity index (χ1) is 11.4. The molecule has 0 bridgehead atoms. The molecule has 1 fully saturated rings. The summed E-state index contributed by atoms with van der Waals surface area (Å²) in [5.41, 5.74) is -5.10. The van der Waals surface area contributed by atoms with Crippen LogP contribution in [0.2, 0.25) is 0 Å². The summed E-state index contributed by atoms with van der Waals surface area (Å²) in [5, 5.41) is 3.89. The van der Waals surface area contributed by atoms with Crippen LogP contribution in [0.4, 0.5) is 17.6 Å². The van der Waals surface area contributed by atoms with Gasteiger partial charge >= 0.3 is 13.3 Å². The predicted octanol–water partition coefficient (Wildman–Crippen LogP) is 4.56. The lowest BCUT2D eigenvalue weighted by atomic mass is 9.83. The van der Waals surface area contributed by atoms with Crippen molar-refractivity contribution in [1.29, 1.82) is 0 Å². The van der Waals surface area contributed by atoms with Gasteiger partial charge in [0, 0.05) is 18.3 Å². The highest BCUT2D eigenvalue weighted by Gasteiger charge is 2.55. The van der Waals surface area contributed by atoms with Crippen LogP contribution in [-0.4, -0.2) is 34.3 Å². The Bertz CT molecular complexity index is 637. The number of alkyl halides is 3. The first-order valence-electron chi connectivity index (χ1n) is 8.24. The zero-order valence-electron chi connectivity index (χ0n) is 15.1. The van der Waals surface area contributed by atoms with Crippen molar-refractivity contribution in [2.24, 2.45) is 0 Å². The monoisotopic (exact) mass is 362 g/mol. The molecule has 1 aliphatic heterocycles. The Kier molecular flexibility index (Phi) is 5.40. The molecule has 140 valence electrons. The minimum absolute atomic E-state index is 0.337. The summed E-state index contributed by atoms with van der Waals surface area (Å²) >= 11 is 0. The number of aryl methyl sites for hydroxylation is 1. The highest BCUT2D eigenvalue weighted by molar-refractivity contribution is 6.55. The van der Waals surface area contributed by atoms with Crippen LogP contribution in [0.15, 0.2) is 18.1 Å². The van der Waals surface area contributed by atoms with Gasteiger partial charge in [-0.3, -0.25) is 4.68 Å². The molecule has 1 aliphatic rings. The zero-order valence-corrected chi connectivity index (χ0v) is 15.1. The van der Waals surface area contributed by atoms with Gasteiger partial charge in [-0.05, 0) is 34.1 Å². The van der Waals surface area contributed by atoms with Crippen molar-refractivity contribution in [3.8, 4) is 0 Å². The van der Waals surface area contributed by atoms with Crippen LogP contribution < -0.4 is 0 Å². The second-order valence-corrected chi connectivity index (χ2v) is 7.15. The Balaban J connectivity index is 2.40. The van der Waals surface area contributed by atoms with Gasteiger partial charge in [-0.15, -0.1) is 0 Å². The van der Waals surface area contributed by atoms with E-state index in [1.54, 1.807) is 27.7 Å². The number of hydrogen-bond donors (Lipinski definition) is 0. The van der Waals surface area contributed by atoms with Gasteiger partial charge in [0.2, 0.25) is 0 Å². The van der Waals surface area contributed by atoms with Crippen LogP contribution in [0.1, 0.15) is 53.0 Å². The van der Waals surface area contributed by atoms with Crippen molar-refractivity contribution in [1.82, 2.24) is 9.78 Å². The molecule has 2 rings (SSSR count). The lowest BCUT2D eigenvalue weighted by molar-refractivity contribution is -0.0699. The average Bonchev–Trinajstić information content (AvgIpc) is 2.98. The summed E-state index contributed by atoms with van der Waals surface area (Å²) in [6.45, 7) is 9.03. The molecule has 1 saturated heterocycles. The number of allylic oxidation sites excluding steroid dienone is 1. The maximum atomic E-state index is 14.8. The summed E-state index contributed by atoms with van der Waals surface area (Å²) in [4.78, 5) is 0. The number of hydrogen-bond acceptors (Lipinski definition) is 3. The summed E-state index contributed by atoms with van der Waals surface area (Å²) in [7, 11) is -1.71. The smallest absolute Gasteiger partial charge is 0.398 e. The van der Waals surface area contributed by atoms with E-state index in [4.69, 9.17) is 9.31 Å². The van der Waals surface area contributed by atoms with Crippen molar-refractivity contribution in [2.75, 3.05) is 0 Å². The van der Waals surface area contributed by atoms with Gasteiger partial charge in [0.05, 0.1) is 23.0 Å². The van der Waals surface area contributed by atoms with Gasteiger partial charge in [-0.25, -0.2) is 4.39 Å². The van der Waals surface area contributed by atoms with E-state index in [1.807, 2.05) is 6.92 Å². The quantitative estimate of drug-likeness (QED) is 0.569. The highest BCUT2D eigenvalue weighted by Crippen LogP contribution is 2.43. The molecule has 0 saturated carbocycles. The first-order valence-corrected chi connectivity index (χ1v) is 8.24. The molecular weight excluding hydrogens is 339 g/mol. The van der Waals surface area contributed by atoms with Gasteiger partial charge in [0.25, 0.3) is 0 Å². The van der Waals surface area contributed by atoms with Crippen molar-refractivity contribution < 1.29 is 26.9 Å². The summed E-state index contributed by atoms with van der Waals surface area (Å²) in [6.07, 6.45) is -1.04. The number of halogens is 4. The third-order valence-corrected chi connectivity index (χ3v) is 4.65. The molecule has 0 aromatic carbocycles. The van der Waals surface area contributed by atoms with Gasteiger partial charge in [0.1, 0.15) is 5.73 Å². The minimum Gasteiger partial charge on any atom is -0.398 e. The molecule has 0 aliphatic carbocycles. The van der Waals surface area contributed by atoms with Crippen molar-refractivity contribution in [3.63, 3.8) is 0 Å². The highest BCUT2D eigenvalue weighted by atomic mass is 19.4. The molecule has 0 N–H and O–H groups in total. The fraction of sp³-hybridized carbons (Fsp3) is 0.688. The Morgan fingerprint density at radius 3 is 2.24 bits per heavy atom. The Morgan fingerprint density at radius 2 is 1.76 bits per heavy atom. The zero-order chi connectivity index (χ0) is 19.0. The van der Waals surface area contributed by atoms with E-state index < -0.39 is 35.8 Å². The van der Waals surface area contributed by atoms with E-state index in [0.29, 0.717) is 6.54 Å². The molecule has 1 aromatic heterocycles. The lowest BCUT2D eigenvalue weighted by Gasteiger charge is -2.32. The fourth-order valence-corrected chi connectivity index (χ4v) is 2.44. The van der Waals surface area contributed by atoms with Crippen LogP contribution in [0.25, 0.3) is 5.57 Å². The van der Waals surface area contributed by atoms with Crippen LogP contribution in [0, 0.1) is 0 Å². The molecule has 1 aromatic rings. The molecule has 9 heteroatoms. The number of aromatic nitrogens is 2. The lowest BCUT2D eigenvalue weighted by Crippen LogP contribution is -2.41. The van der Waals surface area contributed by atoms with Crippen molar-refractivity contribution in [2.45, 2.75) is 71.4 Å². The second-order valence-electron chi connectivity index (χ2n) is 7.15. The standard InChI is InChI=1S/C16H23BF4N2O2/c1-6-7-8-23-10-11(9-22-23)12(16(19,20)21)13(18)17-24-14(2,3)15(4,5)25-17/h9-10H,6-8H2,1-5H3. The van der Waals surface area contributed by atoms with Crippen LogP contribution >= 0.6 is 0 Å². The predicted molar refractivity (Wildman–Crippen MR) is 87.3 cm³/mol. The van der Waals surface area contributed by atoms with Crippen molar-refractivity contribution in [3.05, 3.63) is 23.7 Å². The molecule has 0 atom stereocenters. The number of nitrogens with zero attached hydrogens (tertiary/aromatic N) is 2. The molecule has 4 nitrogen and oxygen atoms in total. The normalized spacial score (nSPS) is 20.8. The first kappa shape index (κ1) is 20.0. The third kappa shape index (κ3) is 4.08. The van der Waals surface area contributed by atoms with E-state index in [9.17, 15) is 17.6 Å². The Morgan fingerprint density at radius 1 is 1.20 bits per heavy atom. The average molecular weight is 362 g/mol. The van der Waals surface area contributed by atoms with Crippen LogP contribution in [0.5, 0.6) is 0 Å². The molecule has 25 heavy (non-hydrogen) atoms. The van der Waals surface area contributed by atoms with Gasteiger partial charge in [-0.2, -0.15) is 18.3 Å². The van der Waals surface area contributed by atoms with E-state index in [2.05, 4.69) is 5.10 Å². The Labute approximate surface area is 145 Å². The second kappa shape index (κ2) is 6.76. The molecular formula is C16H23BF4N2O2. The van der Waals surface area contributed by atoms with Crippen molar-refractivity contribution >= 4 is 12.7 Å². The fourth-order valence-electron chi connectivity index (χ4n) is 2.44. The van der Waals surface area contributed by atoms with Gasteiger partial charge < -0.3 is 9.31 Å².